The second-order valence-corrected chi connectivity index (χ2v) is 12.8. The molecule has 3 nitrogen and oxygen atoms in total. The maximum Gasteiger partial charge on any atom is 0.179 e. The van der Waals surface area contributed by atoms with Gasteiger partial charge in [-0.05, 0) is 53.6 Å². The van der Waals surface area contributed by atoms with Gasteiger partial charge >= 0.3 is 0 Å². The van der Waals surface area contributed by atoms with Crippen molar-refractivity contribution in [3.05, 3.63) is 138 Å². The molecule has 1 unspecified atom stereocenters. The summed E-state index contributed by atoms with van der Waals surface area (Å²) >= 11 is 0. The van der Waals surface area contributed by atoms with Gasteiger partial charge in [-0.15, -0.1) is 0 Å². The van der Waals surface area contributed by atoms with Gasteiger partial charge in [0, 0.05) is 21.3 Å². The normalized spacial score (nSPS) is 14.2. The van der Waals surface area contributed by atoms with Gasteiger partial charge in [0.05, 0.1) is 21.4 Å². The predicted molar refractivity (Wildman–Crippen MR) is 151 cm³/mol. The first-order valence-corrected chi connectivity index (χ1v) is 15.1. The van der Waals surface area contributed by atoms with Gasteiger partial charge in [0.15, 0.2) is 9.84 Å². The summed E-state index contributed by atoms with van der Waals surface area (Å²) in [4.78, 5) is 1.05. The number of halogens is 1. The Balaban J connectivity index is 1.60. The van der Waals surface area contributed by atoms with Crippen molar-refractivity contribution < 1.29 is 17.0 Å². The van der Waals surface area contributed by atoms with Crippen LogP contribution in [0.2, 0.25) is 0 Å². The number of alkyl halides is 1. The van der Waals surface area contributed by atoms with E-state index in [-0.39, 0.29) is 10.5 Å². The van der Waals surface area contributed by atoms with E-state index in [2.05, 4.69) is 0 Å². The Morgan fingerprint density at radius 1 is 0.737 bits per heavy atom. The van der Waals surface area contributed by atoms with Crippen LogP contribution in [0.1, 0.15) is 28.8 Å². The number of hydrogen-bond acceptors (Lipinski definition) is 3. The summed E-state index contributed by atoms with van der Waals surface area (Å²) in [5.41, 5.74) is 1.84. The largest absolute Gasteiger partial charge is 0.249 e. The Bertz CT molecular complexity index is 1700. The number of hydrogen-bond donors (Lipinski definition) is 0. The van der Waals surface area contributed by atoms with Crippen molar-refractivity contribution in [2.45, 2.75) is 33.7 Å². The minimum Gasteiger partial charge on any atom is -0.249 e. The third kappa shape index (κ3) is 5.47. The third-order valence-corrected chi connectivity index (χ3v) is 9.97. The third-order valence-electron chi connectivity index (χ3n) is 6.71. The van der Waals surface area contributed by atoms with E-state index in [0.29, 0.717) is 15.4 Å². The van der Waals surface area contributed by atoms with Crippen molar-refractivity contribution in [1.29, 1.82) is 0 Å². The van der Waals surface area contributed by atoms with Crippen LogP contribution in [0.3, 0.4) is 0 Å². The molecule has 6 heteroatoms. The number of benzene rings is 5. The molecule has 0 bridgehead atoms. The van der Waals surface area contributed by atoms with Gasteiger partial charge in [-0.3, -0.25) is 0 Å². The fourth-order valence-corrected chi connectivity index (χ4v) is 7.46. The van der Waals surface area contributed by atoms with E-state index in [1.165, 1.54) is 12.1 Å². The van der Waals surface area contributed by atoms with Crippen LogP contribution in [0, 0.1) is 6.92 Å². The highest BCUT2D eigenvalue weighted by Crippen LogP contribution is 2.40. The highest BCUT2D eigenvalue weighted by Gasteiger charge is 2.33. The first-order valence-electron chi connectivity index (χ1n) is 12.3. The van der Waals surface area contributed by atoms with Crippen molar-refractivity contribution in [3.63, 3.8) is 0 Å². The average molecular weight is 543 g/mol. The summed E-state index contributed by atoms with van der Waals surface area (Å²) in [5, 5.41) is 1.88. The van der Waals surface area contributed by atoms with Gasteiger partial charge in [0.2, 0.25) is 0 Å². The highest BCUT2D eigenvalue weighted by molar-refractivity contribution is 7.91. The van der Waals surface area contributed by atoms with Crippen LogP contribution in [0.15, 0.2) is 136 Å². The Hall–Kier alpha value is -3.61. The summed E-state index contributed by atoms with van der Waals surface area (Å²) in [5.74, 6) is -1.44. The van der Waals surface area contributed by atoms with Crippen LogP contribution < -0.4 is 0 Å². The molecule has 5 aromatic carbocycles. The summed E-state index contributed by atoms with van der Waals surface area (Å²) < 4.78 is 57.2. The zero-order chi connectivity index (χ0) is 26.7. The molecule has 0 radical (unpaired) electrons. The summed E-state index contributed by atoms with van der Waals surface area (Å²) in [6.45, 7) is 1.94. The quantitative estimate of drug-likeness (QED) is 0.203. The van der Waals surface area contributed by atoms with Crippen LogP contribution in [-0.4, -0.2) is 18.4 Å². The first-order chi connectivity index (χ1) is 18.3. The standard InChI is InChI=1S/C32H27FO3S2/c1-23-15-19-27(20-16-23)37(34)31-14-8-7-13-29(31)32(33)30(22-38(35,36)28-11-3-2-4-12-28)26-18-17-24-9-5-6-10-25(24)21-26/h2-21,30,32H,22H2,1H3/t30-,32+,37?/m1/s1. The van der Waals surface area contributed by atoms with Gasteiger partial charge in [0.1, 0.15) is 6.17 Å². The van der Waals surface area contributed by atoms with Gasteiger partial charge in [-0.2, -0.15) is 0 Å². The monoisotopic (exact) mass is 542 g/mol. The molecule has 5 aromatic rings. The maximum absolute atomic E-state index is 16.7. The molecule has 38 heavy (non-hydrogen) atoms. The first kappa shape index (κ1) is 26.0. The van der Waals surface area contributed by atoms with E-state index >= 15 is 4.39 Å². The molecule has 3 atom stereocenters. The van der Waals surface area contributed by atoms with E-state index in [1.807, 2.05) is 55.5 Å². The second-order valence-electron chi connectivity index (χ2n) is 9.33. The van der Waals surface area contributed by atoms with Crippen molar-refractivity contribution in [1.82, 2.24) is 0 Å². The van der Waals surface area contributed by atoms with Gasteiger partial charge < -0.3 is 0 Å². The van der Waals surface area contributed by atoms with Crippen molar-refractivity contribution in [2.75, 3.05) is 5.75 Å². The lowest BCUT2D eigenvalue weighted by Crippen LogP contribution is -2.20. The minimum atomic E-state index is -3.82. The molecular formula is C32H27FO3S2. The van der Waals surface area contributed by atoms with Crippen LogP contribution in [-0.2, 0) is 20.6 Å². The molecule has 0 aliphatic carbocycles. The Morgan fingerprint density at radius 2 is 1.37 bits per heavy atom. The fourth-order valence-electron chi connectivity index (χ4n) is 4.63. The molecule has 5 rings (SSSR count). The molecule has 0 N–H and O–H groups in total. The second kappa shape index (κ2) is 11.0. The SMILES string of the molecule is Cc1ccc(S(=O)c2ccccc2[C@H](F)[C@H](CS(=O)(=O)c2ccccc2)c2ccc3ccccc3c2)cc1. The summed E-state index contributed by atoms with van der Waals surface area (Å²) in [7, 11) is -5.45. The van der Waals surface area contributed by atoms with Crippen LogP contribution >= 0.6 is 0 Å². The Kier molecular flexibility index (Phi) is 7.54. The van der Waals surface area contributed by atoms with Crippen LogP contribution in [0.25, 0.3) is 10.8 Å². The predicted octanol–water partition coefficient (Wildman–Crippen LogP) is 7.58. The number of rotatable bonds is 8. The average Bonchev–Trinajstić information content (AvgIpc) is 2.96. The molecule has 0 aromatic heterocycles. The van der Waals surface area contributed by atoms with Crippen LogP contribution in [0.4, 0.5) is 4.39 Å². The van der Waals surface area contributed by atoms with E-state index in [9.17, 15) is 12.6 Å². The molecule has 0 fully saturated rings. The molecule has 0 saturated carbocycles. The Morgan fingerprint density at radius 3 is 2.11 bits per heavy atom. The number of sulfone groups is 1. The topological polar surface area (TPSA) is 51.2 Å². The highest BCUT2D eigenvalue weighted by atomic mass is 32.2. The van der Waals surface area contributed by atoms with E-state index in [1.54, 1.807) is 60.7 Å². The number of fused-ring (bicyclic) bond motifs is 1. The molecule has 0 heterocycles. The lowest BCUT2D eigenvalue weighted by molar-refractivity contribution is 0.296. The Labute approximate surface area is 225 Å². The van der Waals surface area contributed by atoms with E-state index in [0.717, 1.165) is 16.3 Å². The van der Waals surface area contributed by atoms with Gasteiger partial charge in [-0.25, -0.2) is 17.0 Å². The van der Waals surface area contributed by atoms with Crippen LogP contribution in [0.5, 0.6) is 0 Å². The van der Waals surface area contributed by atoms with E-state index in [4.69, 9.17) is 0 Å². The number of aryl methyl sites for hydroxylation is 1. The lowest BCUT2D eigenvalue weighted by Gasteiger charge is -2.24. The zero-order valence-corrected chi connectivity index (χ0v) is 22.5. The molecule has 0 saturated heterocycles. The molecule has 192 valence electrons. The summed E-state index contributed by atoms with van der Waals surface area (Å²) in [6, 6.07) is 35.3. The minimum absolute atomic E-state index is 0.148. The molecule has 0 aliphatic heterocycles. The summed E-state index contributed by atoms with van der Waals surface area (Å²) in [6.07, 6.45) is -1.71. The smallest absolute Gasteiger partial charge is 0.179 e. The molecule has 0 aliphatic rings. The molecular weight excluding hydrogens is 515 g/mol. The maximum atomic E-state index is 16.7. The van der Waals surface area contributed by atoms with Gasteiger partial charge in [0.25, 0.3) is 0 Å². The fraction of sp³-hybridized carbons (Fsp3) is 0.125. The van der Waals surface area contributed by atoms with E-state index < -0.39 is 38.5 Å². The van der Waals surface area contributed by atoms with Crippen molar-refractivity contribution >= 4 is 31.4 Å². The van der Waals surface area contributed by atoms with Gasteiger partial charge in [-0.1, -0.05) is 96.6 Å². The molecule has 0 spiro atoms. The van der Waals surface area contributed by atoms with Crippen molar-refractivity contribution in [3.8, 4) is 0 Å². The zero-order valence-electron chi connectivity index (χ0n) is 20.8. The molecule has 0 amide bonds. The van der Waals surface area contributed by atoms with Crippen molar-refractivity contribution in [2.24, 2.45) is 0 Å². The lowest BCUT2D eigenvalue weighted by atomic mass is 9.90.